The van der Waals surface area contributed by atoms with Crippen molar-refractivity contribution >= 4 is 40.6 Å². The Morgan fingerprint density at radius 1 is 0.842 bits per heavy atom. The zero-order valence-corrected chi connectivity index (χ0v) is 21.2. The van der Waals surface area contributed by atoms with Crippen LogP contribution in [0.3, 0.4) is 0 Å². The van der Waals surface area contributed by atoms with Crippen LogP contribution in [-0.4, -0.2) is 27.1 Å². The number of hydrogen-bond acceptors (Lipinski definition) is 5. The lowest BCUT2D eigenvalue weighted by molar-refractivity contribution is -0.122. The molecule has 1 aliphatic rings. The number of nitrogens with zero attached hydrogens (tertiary/aromatic N) is 2. The van der Waals surface area contributed by atoms with Crippen LogP contribution < -0.4 is 4.74 Å². The number of thioether (sulfide) groups is 1. The summed E-state index contributed by atoms with van der Waals surface area (Å²) in [5.74, 6) is -0.395. The van der Waals surface area contributed by atoms with Crippen molar-refractivity contribution in [2.45, 2.75) is 13.2 Å². The van der Waals surface area contributed by atoms with Gasteiger partial charge in [0, 0.05) is 0 Å². The van der Waals surface area contributed by atoms with Crippen molar-refractivity contribution in [2.24, 2.45) is 4.99 Å². The summed E-state index contributed by atoms with van der Waals surface area (Å²) in [4.78, 5) is 31.6. The molecule has 0 aliphatic carbocycles. The van der Waals surface area contributed by atoms with Gasteiger partial charge in [-0.15, -0.1) is 0 Å². The summed E-state index contributed by atoms with van der Waals surface area (Å²) in [6.45, 7) is 0.762. The highest BCUT2D eigenvalue weighted by molar-refractivity contribution is 8.18. The number of carboxylic acids is 1. The molecule has 5 rings (SSSR count). The number of amides is 1. The summed E-state index contributed by atoms with van der Waals surface area (Å²) in [5.41, 5.74) is 3.72. The highest BCUT2D eigenvalue weighted by Crippen LogP contribution is 2.35. The molecule has 0 radical (unpaired) electrons. The first-order chi connectivity index (χ1) is 18.5. The molecule has 0 saturated carbocycles. The summed E-state index contributed by atoms with van der Waals surface area (Å²) in [6, 6.07) is 33.6. The zero-order chi connectivity index (χ0) is 26.3. The topological polar surface area (TPSA) is 79.2 Å². The van der Waals surface area contributed by atoms with E-state index in [-0.39, 0.29) is 18.0 Å². The molecule has 0 bridgehead atoms. The fourth-order valence-corrected chi connectivity index (χ4v) is 4.83. The molecule has 0 unspecified atom stereocenters. The van der Waals surface area contributed by atoms with Gasteiger partial charge < -0.3 is 9.84 Å². The van der Waals surface area contributed by atoms with E-state index in [1.807, 2.05) is 91.0 Å². The average Bonchev–Trinajstić information content (AvgIpc) is 3.23. The van der Waals surface area contributed by atoms with E-state index >= 15 is 0 Å². The Labute approximate surface area is 224 Å². The van der Waals surface area contributed by atoms with Crippen molar-refractivity contribution in [2.75, 3.05) is 0 Å². The second-order valence-corrected chi connectivity index (χ2v) is 9.59. The summed E-state index contributed by atoms with van der Waals surface area (Å²) in [5, 5.41) is 9.75. The first kappa shape index (κ1) is 25.0. The number of carboxylic acid groups (broad SMARTS) is 1. The molecule has 4 aromatic rings. The van der Waals surface area contributed by atoms with E-state index in [0.717, 1.165) is 28.1 Å². The van der Waals surface area contributed by atoms with Gasteiger partial charge in [-0.25, -0.2) is 9.79 Å². The van der Waals surface area contributed by atoms with Gasteiger partial charge >= 0.3 is 5.97 Å². The minimum atomic E-state index is -0.989. The number of benzene rings is 4. The minimum Gasteiger partial charge on any atom is -0.489 e. The normalized spacial score (nSPS) is 15.3. The number of aromatic carboxylic acids is 1. The van der Waals surface area contributed by atoms with E-state index in [1.165, 1.54) is 23.9 Å². The molecular formula is C31H24N2O4S. The molecular weight excluding hydrogens is 496 g/mol. The quantitative estimate of drug-likeness (QED) is 0.260. The van der Waals surface area contributed by atoms with E-state index in [9.17, 15) is 14.7 Å². The van der Waals surface area contributed by atoms with Gasteiger partial charge in [0.25, 0.3) is 5.91 Å². The molecule has 1 aliphatic heterocycles. The Kier molecular flexibility index (Phi) is 7.66. The predicted octanol–water partition coefficient (Wildman–Crippen LogP) is 6.77. The number of para-hydroxylation sites is 1. The fourth-order valence-electron chi connectivity index (χ4n) is 3.83. The van der Waals surface area contributed by atoms with Gasteiger partial charge in [0.05, 0.1) is 22.7 Å². The first-order valence-electron chi connectivity index (χ1n) is 12.0. The van der Waals surface area contributed by atoms with Crippen LogP contribution in [0.1, 0.15) is 27.0 Å². The lowest BCUT2D eigenvalue weighted by atomic mass is 10.1. The highest BCUT2D eigenvalue weighted by Gasteiger charge is 2.33. The number of carbonyl (C=O) groups is 2. The molecule has 38 heavy (non-hydrogen) atoms. The van der Waals surface area contributed by atoms with Gasteiger partial charge in [0.2, 0.25) is 0 Å². The third kappa shape index (κ3) is 6.19. The van der Waals surface area contributed by atoms with Crippen LogP contribution in [0.5, 0.6) is 5.75 Å². The largest absolute Gasteiger partial charge is 0.489 e. The van der Waals surface area contributed by atoms with Crippen molar-refractivity contribution in [1.82, 2.24) is 4.90 Å². The standard InChI is InChI=1S/C31H24N2O4S/c34-29-28(19-22-13-17-27(18-14-22)37-21-24-7-3-1-4-8-24)38-31(32-26-9-5-2-6-10-26)33(29)20-23-11-15-25(16-12-23)30(35)36/h1-19H,20-21H2,(H,35,36)/b28-19+,32-31?. The van der Waals surface area contributed by atoms with E-state index in [1.54, 1.807) is 17.0 Å². The van der Waals surface area contributed by atoms with E-state index in [4.69, 9.17) is 9.73 Å². The molecule has 1 N–H and O–H groups in total. The van der Waals surface area contributed by atoms with Gasteiger partial charge in [-0.1, -0.05) is 72.8 Å². The third-order valence-corrected chi connectivity index (χ3v) is 6.84. The Balaban J connectivity index is 1.36. The molecule has 1 heterocycles. The fraction of sp³-hybridized carbons (Fsp3) is 0.0645. The molecule has 0 spiro atoms. The maximum atomic E-state index is 13.5. The average molecular weight is 521 g/mol. The number of ether oxygens (including phenoxy) is 1. The van der Waals surface area contributed by atoms with E-state index in [0.29, 0.717) is 16.7 Å². The Hall–Kier alpha value is -4.62. The van der Waals surface area contributed by atoms with Crippen molar-refractivity contribution in [1.29, 1.82) is 0 Å². The van der Waals surface area contributed by atoms with Crippen LogP contribution in [0.4, 0.5) is 5.69 Å². The molecule has 7 heteroatoms. The zero-order valence-electron chi connectivity index (χ0n) is 20.4. The second kappa shape index (κ2) is 11.6. The number of hydrogen-bond donors (Lipinski definition) is 1. The van der Waals surface area contributed by atoms with Gasteiger partial charge in [-0.2, -0.15) is 0 Å². The third-order valence-electron chi connectivity index (χ3n) is 5.84. The van der Waals surface area contributed by atoms with Crippen LogP contribution in [0.25, 0.3) is 6.08 Å². The van der Waals surface area contributed by atoms with Crippen LogP contribution in [0.2, 0.25) is 0 Å². The van der Waals surface area contributed by atoms with Crippen molar-refractivity contribution in [3.63, 3.8) is 0 Å². The van der Waals surface area contributed by atoms with E-state index < -0.39 is 5.97 Å². The number of rotatable bonds is 8. The number of amidine groups is 1. The molecule has 4 aromatic carbocycles. The second-order valence-electron chi connectivity index (χ2n) is 8.58. The number of aliphatic imine (C=N–C) groups is 1. The monoisotopic (exact) mass is 520 g/mol. The van der Waals surface area contributed by atoms with Gasteiger partial charge in [-0.05, 0) is 70.9 Å². The van der Waals surface area contributed by atoms with Crippen LogP contribution in [-0.2, 0) is 17.9 Å². The molecule has 188 valence electrons. The molecule has 6 nitrogen and oxygen atoms in total. The summed E-state index contributed by atoms with van der Waals surface area (Å²) < 4.78 is 5.87. The van der Waals surface area contributed by atoms with E-state index in [2.05, 4.69) is 0 Å². The molecule has 0 aromatic heterocycles. The first-order valence-corrected chi connectivity index (χ1v) is 12.8. The highest BCUT2D eigenvalue weighted by atomic mass is 32.2. The van der Waals surface area contributed by atoms with Crippen LogP contribution in [0.15, 0.2) is 119 Å². The van der Waals surface area contributed by atoms with Crippen molar-refractivity contribution in [3.8, 4) is 5.75 Å². The lowest BCUT2D eigenvalue weighted by Gasteiger charge is -2.16. The SMILES string of the molecule is O=C(O)c1ccc(CN2C(=O)/C(=C\c3ccc(OCc4ccccc4)cc3)SC2=Nc2ccccc2)cc1. The molecule has 1 amide bonds. The summed E-state index contributed by atoms with van der Waals surface area (Å²) >= 11 is 1.32. The van der Waals surface area contributed by atoms with Crippen LogP contribution in [0, 0.1) is 0 Å². The molecule has 1 saturated heterocycles. The summed E-state index contributed by atoms with van der Waals surface area (Å²) in [6.07, 6.45) is 1.85. The Morgan fingerprint density at radius 3 is 2.16 bits per heavy atom. The predicted molar refractivity (Wildman–Crippen MR) is 150 cm³/mol. The maximum Gasteiger partial charge on any atom is 0.335 e. The summed E-state index contributed by atoms with van der Waals surface area (Å²) in [7, 11) is 0. The van der Waals surface area contributed by atoms with Gasteiger partial charge in [0.1, 0.15) is 12.4 Å². The number of carbonyl (C=O) groups excluding carboxylic acids is 1. The lowest BCUT2D eigenvalue weighted by Crippen LogP contribution is -2.28. The Bertz CT molecular complexity index is 1480. The van der Waals surface area contributed by atoms with Crippen molar-refractivity contribution < 1.29 is 19.4 Å². The smallest absolute Gasteiger partial charge is 0.335 e. The minimum absolute atomic E-state index is 0.156. The Morgan fingerprint density at radius 2 is 1.50 bits per heavy atom. The van der Waals surface area contributed by atoms with Gasteiger partial charge in [-0.3, -0.25) is 9.69 Å². The van der Waals surface area contributed by atoms with Gasteiger partial charge in [0.15, 0.2) is 5.17 Å². The molecule has 0 atom stereocenters. The van der Waals surface area contributed by atoms with Crippen LogP contribution >= 0.6 is 11.8 Å². The van der Waals surface area contributed by atoms with Crippen molar-refractivity contribution in [3.05, 3.63) is 136 Å². The maximum absolute atomic E-state index is 13.5. The molecule has 1 fully saturated rings.